The third kappa shape index (κ3) is 7.79. The number of aromatic nitrogens is 1. The molecular weight excluding hydrogens is 470 g/mol. The van der Waals surface area contributed by atoms with Gasteiger partial charge < -0.3 is 10.6 Å². The molecule has 0 bridgehead atoms. The second-order valence-corrected chi connectivity index (χ2v) is 6.31. The first-order valence-corrected chi connectivity index (χ1v) is 8.65. The van der Waals surface area contributed by atoms with Crippen molar-refractivity contribution in [3.63, 3.8) is 0 Å². The van der Waals surface area contributed by atoms with Crippen LogP contribution in [0.2, 0.25) is 10.0 Å². The Bertz CT molecular complexity index is 707. The predicted molar refractivity (Wildman–Crippen MR) is 117 cm³/mol. The molecule has 0 saturated heterocycles. The molecule has 1 heterocycles. The van der Waals surface area contributed by atoms with Gasteiger partial charge in [0.2, 0.25) is 0 Å². The van der Waals surface area contributed by atoms with Crippen LogP contribution in [0, 0.1) is 6.92 Å². The zero-order valence-electron chi connectivity index (χ0n) is 14.4. The van der Waals surface area contributed by atoms with Crippen molar-refractivity contribution < 1.29 is 0 Å². The summed E-state index contributed by atoms with van der Waals surface area (Å²) in [5, 5.41) is 7.94. The highest BCUT2D eigenvalue weighted by Crippen LogP contribution is 2.21. The van der Waals surface area contributed by atoms with Crippen molar-refractivity contribution in [1.29, 1.82) is 0 Å². The van der Waals surface area contributed by atoms with E-state index in [-0.39, 0.29) is 24.0 Å². The van der Waals surface area contributed by atoms with Gasteiger partial charge in [-0.25, -0.2) is 0 Å². The van der Waals surface area contributed by atoms with Crippen LogP contribution in [0.1, 0.15) is 23.4 Å². The maximum absolute atomic E-state index is 6.18. The van der Waals surface area contributed by atoms with Crippen LogP contribution in [0.5, 0.6) is 0 Å². The average Bonchev–Trinajstić information content (AvgIpc) is 2.56. The summed E-state index contributed by atoms with van der Waals surface area (Å²) in [6.45, 7) is 3.43. The number of hydrogen-bond acceptors (Lipinski definition) is 2. The van der Waals surface area contributed by atoms with Gasteiger partial charge in [0.25, 0.3) is 0 Å². The van der Waals surface area contributed by atoms with E-state index in [1.165, 1.54) is 0 Å². The number of guanidine groups is 1. The number of halogens is 3. The molecule has 0 aliphatic carbocycles. The Morgan fingerprint density at radius 2 is 1.96 bits per heavy atom. The first kappa shape index (κ1) is 22.0. The molecule has 0 atom stereocenters. The van der Waals surface area contributed by atoms with E-state index in [0.29, 0.717) is 11.6 Å². The van der Waals surface area contributed by atoms with Crippen LogP contribution < -0.4 is 10.6 Å². The largest absolute Gasteiger partial charge is 0.356 e. The average molecular weight is 493 g/mol. The Balaban J connectivity index is 0.00000312. The molecule has 1 aromatic carbocycles. The summed E-state index contributed by atoms with van der Waals surface area (Å²) in [7, 11) is 1.76. The molecule has 2 N–H and O–H groups in total. The summed E-state index contributed by atoms with van der Waals surface area (Å²) in [5.41, 5.74) is 3.11. The highest BCUT2D eigenvalue weighted by atomic mass is 127. The van der Waals surface area contributed by atoms with Gasteiger partial charge >= 0.3 is 0 Å². The van der Waals surface area contributed by atoms with E-state index in [0.717, 1.165) is 47.3 Å². The summed E-state index contributed by atoms with van der Waals surface area (Å²) < 4.78 is 0. The van der Waals surface area contributed by atoms with Crippen molar-refractivity contribution >= 4 is 53.1 Å². The number of nitrogens with zero attached hydrogens (tertiary/aromatic N) is 2. The Kier molecular flexibility index (Phi) is 10.2. The van der Waals surface area contributed by atoms with Crippen molar-refractivity contribution in [3.8, 4) is 0 Å². The monoisotopic (exact) mass is 492 g/mol. The van der Waals surface area contributed by atoms with Crippen LogP contribution in [0.15, 0.2) is 41.4 Å². The van der Waals surface area contributed by atoms with Crippen LogP contribution >= 0.6 is 47.2 Å². The summed E-state index contributed by atoms with van der Waals surface area (Å²) >= 11 is 12.1. The maximum atomic E-state index is 6.18. The lowest BCUT2D eigenvalue weighted by Gasteiger charge is -2.12. The van der Waals surface area contributed by atoms with Gasteiger partial charge in [0, 0.05) is 29.3 Å². The van der Waals surface area contributed by atoms with E-state index in [1.54, 1.807) is 13.1 Å². The number of benzene rings is 1. The van der Waals surface area contributed by atoms with Gasteiger partial charge in [-0.05, 0) is 49.6 Å². The smallest absolute Gasteiger partial charge is 0.191 e. The fourth-order valence-electron chi connectivity index (χ4n) is 2.30. The molecule has 0 fully saturated rings. The number of rotatable bonds is 6. The highest BCUT2D eigenvalue weighted by molar-refractivity contribution is 14.0. The minimum atomic E-state index is 0. The van der Waals surface area contributed by atoms with Gasteiger partial charge in [0.15, 0.2) is 5.96 Å². The number of aliphatic imine (C=N–C) groups is 1. The van der Waals surface area contributed by atoms with E-state index in [9.17, 15) is 0 Å². The third-order valence-electron chi connectivity index (χ3n) is 3.54. The molecular formula is C18H23Cl2IN4. The van der Waals surface area contributed by atoms with Gasteiger partial charge in [-0.3, -0.25) is 9.98 Å². The van der Waals surface area contributed by atoms with Crippen molar-refractivity contribution in [2.45, 2.75) is 26.3 Å². The van der Waals surface area contributed by atoms with Crippen molar-refractivity contribution in [3.05, 3.63) is 63.4 Å². The van der Waals surface area contributed by atoms with E-state index in [1.807, 2.05) is 37.3 Å². The fourth-order valence-corrected chi connectivity index (χ4v) is 2.81. The Morgan fingerprint density at radius 3 is 2.64 bits per heavy atom. The van der Waals surface area contributed by atoms with Gasteiger partial charge in [-0.15, -0.1) is 24.0 Å². The van der Waals surface area contributed by atoms with Crippen molar-refractivity contribution in [2.75, 3.05) is 13.6 Å². The minimum Gasteiger partial charge on any atom is -0.356 e. The predicted octanol–water partition coefficient (Wildman–Crippen LogP) is 4.61. The van der Waals surface area contributed by atoms with Crippen molar-refractivity contribution in [1.82, 2.24) is 15.6 Å². The molecule has 4 nitrogen and oxygen atoms in total. The SMILES string of the molecule is CN=C(NCCCc1ccc(Cl)cc1Cl)NCc1cccc(C)n1.I. The summed E-state index contributed by atoms with van der Waals surface area (Å²) in [4.78, 5) is 8.68. The molecule has 1 aromatic heterocycles. The Hall–Kier alpha value is -1.05. The van der Waals surface area contributed by atoms with Gasteiger partial charge in [0.05, 0.1) is 12.2 Å². The zero-order chi connectivity index (χ0) is 17.4. The second-order valence-electron chi connectivity index (χ2n) is 5.46. The molecule has 0 aliphatic rings. The molecule has 25 heavy (non-hydrogen) atoms. The van der Waals surface area contributed by atoms with Crippen LogP contribution in [0.3, 0.4) is 0 Å². The summed E-state index contributed by atoms with van der Waals surface area (Å²) in [5.74, 6) is 0.764. The summed E-state index contributed by atoms with van der Waals surface area (Å²) in [6, 6.07) is 11.6. The lowest BCUT2D eigenvalue weighted by atomic mass is 10.1. The zero-order valence-corrected chi connectivity index (χ0v) is 18.2. The molecule has 0 aliphatic heterocycles. The van der Waals surface area contributed by atoms with Gasteiger partial charge in [0.1, 0.15) is 0 Å². The first-order valence-electron chi connectivity index (χ1n) is 7.89. The second kappa shape index (κ2) is 11.5. The normalized spacial score (nSPS) is 11.0. The molecule has 2 rings (SSSR count). The summed E-state index contributed by atoms with van der Waals surface area (Å²) in [6.07, 6.45) is 1.84. The molecule has 0 saturated carbocycles. The topological polar surface area (TPSA) is 49.3 Å². The standard InChI is InChI=1S/C18H22Cl2N4.HI/c1-13-5-3-7-16(24-13)12-23-18(21-2)22-10-4-6-14-8-9-15(19)11-17(14)20;/h3,5,7-9,11H,4,6,10,12H2,1-2H3,(H2,21,22,23);1H. The molecule has 136 valence electrons. The third-order valence-corrected chi connectivity index (χ3v) is 4.12. The van der Waals surface area contributed by atoms with Crippen LogP contribution in [0.4, 0.5) is 0 Å². The van der Waals surface area contributed by atoms with E-state index in [4.69, 9.17) is 23.2 Å². The number of pyridine rings is 1. The minimum absolute atomic E-state index is 0. The molecule has 0 amide bonds. The van der Waals surface area contributed by atoms with Crippen LogP contribution in [-0.2, 0) is 13.0 Å². The molecule has 7 heteroatoms. The molecule has 0 spiro atoms. The van der Waals surface area contributed by atoms with Crippen LogP contribution in [0.25, 0.3) is 0 Å². The maximum Gasteiger partial charge on any atom is 0.191 e. The Morgan fingerprint density at radius 1 is 1.16 bits per heavy atom. The van der Waals surface area contributed by atoms with E-state index < -0.39 is 0 Å². The number of nitrogens with one attached hydrogen (secondary N) is 2. The highest BCUT2D eigenvalue weighted by Gasteiger charge is 2.03. The van der Waals surface area contributed by atoms with Crippen molar-refractivity contribution in [2.24, 2.45) is 4.99 Å². The fraction of sp³-hybridized carbons (Fsp3) is 0.333. The quantitative estimate of drug-likeness (QED) is 0.268. The molecule has 2 aromatic rings. The first-order chi connectivity index (χ1) is 11.6. The van der Waals surface area contributed by atoms with Crippen LogP contribution in [-0.4, -0.2) is 24.5 Å². The lowest BCUT2D eigenvalue weighted by molar-refractivity contribution is 0.737. The van der Waals surface area contributed by atoms with E-state index >= 15 is 0 Å². The number of aryl methyl sites for hydroxylation is 2. The molecule has 0 radical (unpaired) electrons. The van der Waals surface area contributed by atoms with E-state index in [2.05, 4.69) is 20.6 Å². The number of hydrogen-bond donors (Lipinski definition) is 2. The Labute approximate surface area is 176 Å². The van der Waals surface area contributed by atoms with Gasteiger partial charge in [-0.2, -0.15) is 0 Å². The lowest BCUT2D eigenvalue weighted by Crippen LogP contribution is -2.37. The van der Waals surface area contributed by atoms with Gasteiger partial charge in [-0.1, -0.05) is 35.3 Å². The molecule has 0 unspecified atom stereocenters.